The van der Waals surface area contributed by atoms with Crippen molar-refractivity contribution in [2.24, 2.45) is 0 Å². The van der Waals surface area contributed by atoms with Crippen LogP contribution in [0, 0.1) is 6.92 Å². The number of hydrogen-bond donors (Lipinski definition) is 1. The van der Waals surface area contributed by atoms with E-state index in [1.807, 2.05) is 12.1 Å². The molecule has 0 spiro atoms. The molecular formula is C20H21N5O3. The second kappa shape index (κ2) is 7.03. The monoisotopic (exact) mass is 379 g/mol. The Kier molecular flexibility index (Phi) is 4.54. The highest BCUT2D eigenvalue weighted by atomic mass is 16.2. The quantitative estimate of drug-likeness (QED) is 0.715. The molecule has 0 unspecified atom stereocenters. The van der Waals surface area contributed by atoms with Crippen molar-refractivity contribution in [1.29, 1.82) is 0 Å². The number of aromatic amines is 1. The Bertz CT molecular complexity index is 1180. The third kappa shape index (κ3) is 3.11. The predicted octanol–water partition coefficient (Wildman–Crippen LogP) is 0.977. The van der Waals surface area contributed by atoms with Crippen LogP contribution < -0.4 is 11.1 Å². The Morgan fingerprint density at radius 1 is 1.18 bits per heavy atom. The van der Waals surface area contributed by atoms with Gasteiger partial charge in [-0.3, -0.25) is 14.4 Å². The minimum absolute atomic E-state index is 0.141. The number of aromatic nitrogens is 4. The highest BCUT2D eigenvalue weighted by Gasteiger charge is 2.27. The Hall–Kier alpha value is -3.29. The van der Waals surface area contributed by atoms with Gasteiger partial charge in [-0.1, -0.05) is 18.2 Å². The second-order valence-electron chi connectivity index (χ2n) is 7.06. The maximum Gasteiger partial charge on any atom is 0.275 e. The highest BCUT2D eigenvalue weighted by Crippen LogP contribution is 2.15. The lowest BCUT2D eigenvalue weighted by molar-refractivity contribution is -0.134. The van der Waals surface area contributed by atoms with E-state index in [1.165, 1.54) is 4.68 Å². The number of amides is 1. The number of aryl methyl sites for hydroxylation is 1. The van der Waals surface area contributed by atoms with Crippen molar-refractivity contribution >= 4 is 16.7 Å². The molecule has 0 radical (unpaired) electrons. The van der Waals surface area contributed by atoms with Gasteiger partial charge in [0.15, 0.2) is 0 Å². The van der Waals surface area contributed by atoms with Gasteiger partial charge in [0.05, 0.1) is 17.3 Å². The topological polar surface area (TPSA) is 101 Å². The lowest BCUT2D eigenvalue weighted by Crippen LogP contribution is -2.41. The zero-order chi connectivity index (χ0) is 19.8. The van der Waals surface area contributed by atoms with Gasteiger partial charge in [0.1, 0.15) is 11.9 Å². The summed E-state index contributed by atoms with van der Waals surface area (Å²) in [5.74, 6) is 0.384. The normalized spacial score (nSPS) is 15.1. The van der Waals surface area contributed by atoms with Gasteiger partial charge in [-0.05, 0) is 26.3 Å². The van der Waals surface area contributed by atoms with E-state index >= 15 is 0 Å². The lowest BCUT2D eigenvalue weighted by Gasteiger charge is -2.24. The molecule has 1 aromatic carbocycles. The summed E-state index contributed by atoms with van der Waals surface area (Å²) in [6.45, 7) is 4.29. The van der Waals surface area contributed by atoms with Crippen LogP contribution in [0.15, 0.2) is 40.1 Å². The second-order valence-corrected chi connectivity index (χ2v) is 7.06. The lowest BCUT2D eigenvalue weighted by atomic mass is 10.1. The van der Waals surface area contributed by atoms with Crippen LogP contribution in [0.1, 0.15) is 30.0 Å². The molecule has 0 aliphatic carbocycles. The first-order valence-corrected chi connectivity index (χ1v) is 9.29. The number of rotatable bonds is 2. The molecule has 0 fully saturated rings. The number of fused-ring (bicyclic) bond motifs is 2. The maximum atomic E-state index is 13.1. The maximum absolute atomic E-state index is 13.1. The minimum Gasteiger partial charge on any atom is -0.340 e. The molecule has 0 saturated heterocycles. The van der Waals surface area contributed by atoms with Gasteiger partial charge in [0.25, 0.3) is 11.1 Å². The van der Waals surface area contributed by atoms with Crippen LogP contribution in [-0.4, -0.2) is 43.6 Å². The molecule has 1 amide bonds. The number of hydrogen-bond acceptors (Lipinski definition) is 5. The predicted molar refractivity (Wildman–Crippen MR) is 104 cm³/mol. The van der Waals surface area contributed by atoms with E-state index in [0.29, 0.717) is 42.7 Å². The summed E-state index contributed by atoms with van der Waals surface area (Å²) in [5, 5.41) is 5.48. The molecule has 3 heterocycles. The fourth-order valence-corrected chi connectivity index (χ4v) is 3.70. The number of H-pyrrole nitrogens is 1. The number of nitrogens with one attached hydrogen (secondary N) is 1. The molecular weight excluding hydrogens is 358 g/mol. The zero-order valence-corrected chi connectivity index (χ0v) is 15.8. The largest absolute Gasteiger partial charge is 0.340 e. The zero-order valence-electron chi connectivity index (χ0n) is 15.8. The van der Waals surface area contributed by atoms with E-state index in [-0.39, 0.29) is 17.0 Å². The van der Waals surface area contributed by atoms with Crippen molar-refractivity contribution in [2.45, 2.75) is 32.7 Å². The standard InChI is InChI=1S/C20H21N5O3/c1-12(25-20(28)15-6-4-3-5-14(15)11-21-25)19(27)24-9-7-16-17(8-10-24)22-13(2)23-18(16)26/h3-6,11-12H,7-10H2,1-2H3,(H,22,23,26)/t12-/m0/s1. The molecule has 8 heteroatoms. The van der Waals surface area contributed by atoms with Crippen molar-refractivity contribution in [3.63, 3.8) is 0 Å². The Morgan fingerprint density at radius 2 is 1.93 bits per heavy atom. The molecule has 3 aromatic rings. The molecule has 28 heavy (non-hydrogen) atoms. The number of nitrogens with zero attached hydrogens (tertiary/aromatic N) is 4. The van der Waals surface area contributed by atoms with Gasteiger partial charge in [-0.15, -0.1) is 0 Å². The van der Waals surface area contributed by atoms with Gasteiger partial charge in [0.2, 0.25) is 5.91 Å². The van der Waals surface area contributed by atoms with E-state index < -0.39 is 6.04 Å². The van der Waals surface area contributed by atoms with E-state index in [4.69, 9.17) is 0 Å². The summed E-state index contributed by atoms with van der Waals surface area (Å²) in [6.07, 6.45) is 2.56. The number of carbonyl (C=O) groups excluding carboxylic acids is 1. The Balaban J connectivity index is 1.60. The molecule has 8 nitrogen and oxygen atoms in total. The highest BCUT2D eigenvalue weighted by molar-refractivity contribution is 5.82. The minimum atomic E-state index is -0.730. The van der Waals surface area contributed by atoms with Crippen LogP contribution in [0.4, 0.5) is 0 Å². The summed E-state index contributed by atoms with van der Waals surface area (Å²) >= 11 is 0. The average Bonchev–Trinajstić information content (AvgIpc) is 2.90. The summed E-state index contributed by atoms with van der Waals surface area (Å²) in [5.41, 5.74) is 0.947. The molecule has 4 rings (SSSR count). The SMILES string of the molecule is Cc1nc2c(c(=O)[nH]1)CCN(C(=O)[C@H](C)n1ncc3ccccc3c1=O)CC2. The molecule has 1 N–H and O–H groups in total. The first kappa shape index (κ1) is 18.1. The summed E-state index contributed by atoms with van der Waals surface area (Å²) in [6, 6.07) is 6.45. The third-order valence-corrected chi connectivity index (χ3v) is 5.23. The van der Waals surface area contributed by atoms with Crippen LogP contribution in [-0.2, 0) is 17.6 Å². The molecule has 0 saturated carbocycles. The molecule has 0 bridgehead atoms. The van der Waals surface area contributed by atoms with Crippen molar-refractivity contribution in [1.82, 2.24) is 24.6 Å². The van der Waals surface area contributed by atoms with Crippen LogP contribution in [0.25, 0.3) is 10.8 Å². The summed E-state index contributed by atoms with van der Waals surface area (Å²) in [7, 11) is 0. The van der Waals surface area contributed by atoms with E-state index in [2.05, 4.69) is 15.1 Å². The molecule has 1 atom stereocenters. The van der Waals surface area contributed by atoms with Crippen LogP contribution in [0.3, 0.4) is 0 Å². The molecule has 1 aliphatic heterocycles. The smallest absolute Gasteiger partial charge is 0.275 e. The van der Waals surface area contributed by atoms with Crippen molar-refractivity contribution < 1.29 is 4.79 Å². The van der Waals surface area contributed by atoms with Crippen LogP contribution >= 0.6 is 0 Å². The summed E-state index contributed by atoms with van der Waals surface area (Å²) in [4.78, 5) is 46.8. The molecule has 144 valence electrons. The fourth-order valence-electron chi connectivity index (χ4n) is 3.70. The fraction of sp³-hybridized carbons (Fsp3) is 0.350. The third-order valence-electron chi connectivity index (χ3n) is 5.23. The molecule has 1 aliphatic rings. The van der Waals surface area contributed by atoms with E-state index in [0.717, 1.165) is 11.1 Å². The Labute approximate surface area is 160 Å². The van der Waals surface area contributed by atoms with Gasteiger partial charge >= 0.3 is 0 Å². The van der Waals surface area contributed by atoms with Gasteiger partial charge in [-0.25, -0.2) is 9.67 Å². The number of carbonyl (C=O) groups is 1. The van der Waals surface area contributed by atoms with Crippen molar-refractivity contribution in [2.75, 3.05) is 13.1 Å². The molecule has 2 aromatic heterocycles. The van der Waals surface area contributed by atoms with Gasteiger partial charge in [-0.2, -0.15) is 5.10 Å². The first-order valence-electron chi connectivity index (χ1n) is 9.29. The van der Waals surface area contributed by atoms with Crippen molar-refractivity contribution in [3.8, 4) is 0 Å². The first-order chi connectivity index (χ1) is 13.5. The van der Waals surface area contributed by atoms with Gasteiger partial charge < -0.3 is 9.88 Å². The van der Waals surface area contributed by atoms with E-state index in [9.17, 15) is 14.4 Å². The Morgan fingerprint density at radius 3 is 2.75 bits per heavy atom. The average molecular weight is 379 g/mol. The van der Waals surface area contributed by atoms with E-state index in [1.54, 1.807) is 37.1 Å². The van der Waals surface area contributed by atoms with Gasteiger partial charge in [0, 0.05) is 30.5 Å². The number of benzene rings is 1. The van der Waals surface area contributed by atoms with Crippen molar-refractivity contribution in [3.05, 3.63) is 68.3 Å². The van der Waals surface area contributed by atoms with Crippen LogP contribution in [0.5, 0.6) is 0 Å². The summed E-state index contributed by atoms with van der Waals surface area (Å²) < 4.78 is 1.23. The van der Waals surface area contributed by atoms with Crippen LogP contribution in [0.2, 0.25) is 0 Å².